The van der Waals surface area contributed by atoms with Gasteiger partial charge >= 0.3 is 0 Å². The summed E-state index contributed by atoms with van der Waals surface area (Å²) in [5.41, 5.74) is 5.57. The van der Waals surface area contributed by atoms with Gasteiger partial charge in [0.25, 0.3) is 0 Å². The van der Waals surface area contributed by atoms with E-state index in [0.717, 1.165) is 12.8 Å². The van der Waals surface area contributed by atoms with Crippen LogP contribution in [0.3, 0.4) is 0 Å². The van der Waals surface area contributed by atoms with Gasteiger partial charge in [0.05, 0.1) is 0 Å². The second-order valence-corrected chi connectivity index (χ2v) is 6.08. The lowest BCUT2D eigenvalue weighted by molar-refractivity contribution is -0.119. The summed E-state index contributed by atoms with van der Waals surface area (Å²) in [6.45, 7) is 3.26. The lowest BCUT2D eigenvalue weighted by atomic mass is 10.1. The van der Waals surface area contributed by atoms with E-state index < -0.39 is 10.8 Å². The first-order valence-corrected chi connectivity index (χ1v) is 7.54. The lowest BCUT2D eigenvalue weighted by Gasteiger charge is -2.23. The van der Waals surface area contributed by atoms with Crippen LogP contribution >= 0.6 is 0 Å². The summed E-state index contributed by atoms with van der Waals surface area (Å²) in [4.78, 5) is 11.6. The van der Waals surface area contributed by atoms with Crippen molar-refractivity contribution in [2.75, 3.05) is 24.7 Å². The van der Waals surface area contributed by atoms with Gasteiger partial charge in [-0.2, -0.15) is 0 Å². The highest BCUT2D eigenvalue weighted by Gasteiger charge is 2.17. The molecule has 1 aliphatic heterocycles. The van der Waals surface area contributed by atoms with Crippen molar-refractivity contribution in [1.82, 2.24) is 5.32 Å². The smallest absolute Gasteiger partial charge is 0.232 e. The van der Waals surface area contributed by atoms with Gasteiger partial charge < -0.3 is 15.8 Å². The maximum Gasteiger partial charge on any atom is 0.232 e. The zero-order valence-corrected chi connectivity index (χ0v) is 11.1. The van der Waals surface area contributed by atoms with E-state index >= 15 is 0 Å². The molecule has 6 heteroatoms. The predicted molar refractivity (Wildman–Crippen MR) is 68.1 cm³/mol. The van der Waals surface area contributed by atoms with E-state index in [1.165, 1.54) is 0 Å². The Morgan fingerprint density at radius 1 is 1.53 bits per heavy atom. The van der Waals surface area contributed by atoms with Crippen molar-refractivity contribution in [3.63, 3.8) is 0 Å². The minimum absolute atomic E-state index is 0.0394. The molecular formula is C11H22N2O3S. The Balaban J connectivity index is 2.17. The van der Waals surface area contributed by atoms with Gasteiger partial charge in [0.2, 0.25) is 5.91 Å². The molecule has 1 amide bonds. The predicted octanol–water partition coefficient (Wildman–Crippen LogP) is -0.232. The average Bonchev–Trinajstić information content (AvgIpc) is 2.27. The molecule has 0 aromatic heterocycles. The van der Waals surface area contributed by atoms with E-state index in [9.17, 15) is 9.00 Å². The van der Waals surface area contributed by atoms with Crippen LogP contribution in [-0.4, -0.2) is 46.9 Å². The molecule has 17 heavy (non-hydrogen) atoms. The third-order valence-corrected chi connectivity index (χ3v) is 3.95. The number of nitrogens with one attached hydrogen (secondary N) is 1. The number of rotatable bonds is 6. The number of carbonyl (C=O) groups is 1. The third kappa shape index (κ3) is 6.75. The topological polar surface area (TPSA) is 81.4 Å². The SMILES string of the molecule is CC(N)CCS(=O)CC(=O)NC1CCOCC1. The van der Waals surface area contributed by atoms with Gasteiger partial charge in [0.1, 0.15) is 5.75 Å². The molecule has 0 spiro atoms. The molecule has 0 bridgehead atoms. The molecule has 2 unspecified atom stereocenters. The highest BCUT2D eigenvalue weighted by Crippen LogP contribution is 2.05. The van der Waals surface area contributed by atoms with Gasteiger partial charge in [-0.15, -0.1) is 0 Å². The van der Waals surface area contributed by atoms with Crippen LogP contribution in [0.2, 0.25) is 0 Å². The van der Waals surface area contributed by atoms with Gasteiger partial charge in [-0.1, -0.05) is 0 Å². The second kappa shape index (κ2) is 7.79. The first-order chi connectivity index (χ1) is 8.08. The summed E-state index contributed by atoms with van der Waals surface area (Å²) in [6.07, 6.45) is 2.38. The summed E-state index contributed by atoms with van der Waals surface area (Å²) in [7, 11) is -1.10. The lowest BCUT2D eigenvalue weighted by Crippen LogP contribution is -2.41. The fourth-order valence-corrected chi connectivity index (χ4v) is 2.80. The normalized spacial score (nSPS) is 20.8. The summed E-state index contributed by atoms with van der Waals surface area (Å²) < 4.78 is 16.8. The van der Waals surface area contributed by atoms with Crippen molar-refractivity contribution < 1.29 is 13.7 Å². The van der Waals surface area contributed by atoms with Gasteiger partial charge in [0, 0.05) is 41.8 Å². The zero-order valence-electron chi connectivity index (χ0n) is 10.3. The second-order valence-electron chi connectivity index (χ2n) is 4.51. The van der Waals surface area contributed by atoms with Crippen molar-refractivity contribution >= 4 is 16.7 Å². The molecular weight excluding hydrogens is 240 g/mol. The summed E-state index contributed by atoms with van der Waals surface area (Å²) in [5, 5.41) is 2.89. The maximum atomic E-state index is 11.6. The fourth-order valence-electron chi connectivity index (χ4n) is 1.65. The number of amides is 1. The molecule has 0 saturated carbocycles. The number of ether oxygens (including phenoxy) is 1. The first-order valence-electron chi connectivity index (χ1n) is 6.05. The van der Waals surface area contributed by atoms with Crippen molar-refractivity contribution in [2.45, 2.75) is 38.3 Å². The Labute approximate surface area is 105 Å². The minimum Gasteiger partial charge on any atom is -0.381 e. The average molecular weight is 262 g/mol. The molecule has 2 atom stereocenters. The minimum atomic E-state index is -1.10. The van der Waals surface area contributed by atoms with E-state index in [-0.39, 0.29) is 23.7 Å². The van der Waals surface area contributed by atoms with Gasteiger partial charge in [0.15, 0.2) is 0 Å². The van der Waals surface area contributed by atoms with Crippen LogP contribution in [0.25, 0.3) is 0 Å². The third-order valence-electron chi connectivity index (χ3n) is 2.68. The van der Waals surface area contributed by atoms with Crippen molar-refractivity contribution in [3.05, 3.63) is 0 Å². The number of nitrogens with two attached hydrogens (primary N) is 1. The molecule has 0 radical (unpaired) electrons. The molecule has 1 rings (SSSR count). The molecule has 0 aromatic rings. The van der Waals surface area contributed by atoms with Gasteiger partial charge in [-0.25, -0.2) is 0 Å². The number of hydrogen-bond acceptors (Lipinski definition) is 4. The monoisotopic (exact) mass is 262 g/mol. The van der Waals surface area contributed by atoms with Crippen molar-refractivity contribution in [3.8, 4) is 0 Å². The molecule has 100 valence electrons. The molecule has 1 fully saturated rings. The van der Waals surface area contributed by atoms with Crippen LogP contribution in [0, 0.1) is 0 Å². The molecule has 0 aromatic carbocycles. The Morgan fingerprint density at radius 3 is 2.76 bits per heavy atom. The first kappa shape index (κ1) is 14.6. The molecule has 1 aliphatic rings. The number of carbonyl (C=O) groups excluding carboxylic acids is 1. The fraction of sp³-hybridized carbons (Fsp3) is 0.909. The van der Waals surface area contributed by atoms with Crippen LogP contribution in [0.1, 0.15) is 26.2 Å². The zero-order chi connectivity index (χ0) is 12.7. The Morgan fingerprint density at radius 2 is 2.18 bits per heavy atom. The largest absolute Gasteiger partial charge is 0.381 e. The van der Waals surface area contributed by atoms with Crippen molar-refractivity contribution in [1.29, 1.82) is 0 Å². The summed E-state index contributed by atoms with van der Waals surface area (Å²) >= 11 is 0. The Kier molecular flexibility index (Phi) is 6.69. The van der Waals surface area contributed by atoms with E-state index in [0.29, 0.717) is 25.4 Å². The van der Waals surface area contributed by atoms with Crippen LogP contribution < -0.4 is 11.1 Å². The van der Waals surface area contributed by atoms with E-state index in [1.54, 1.807) is 0 Å². The highest BCUT2D eigenvalue weighted by atomic mass is 32.2. The summed E-state index contributed by atoms with van der Waals surface area (Å²) in [6, 6.07) is 0.221. The summed E-state index contributed by atoms with van der Waals surface area (Å²) in [5.74, 6) is 0.461. The standard InChI is InChI=1S/C11H22N2O3S/c1-9(12)4-7-17(15)8-11(14)13-10-2-5-16-6-3-10/h9-10H,2-8,12H2,1H3,(H,13,14). The Bertz CT molecular complexity index is 265. The molecule has 1 saturated heterocycles. The van der Waals surface area contributed by atoms with Crippen LogP contribution in [0.5, 0.6) is 0 Å². The van der Waals surface area contributed by atoms with Crippen LogP contribution in [0.15, 0.2) is 0 Å². The molecule has 5 nitrogen and oxygen atoms in total. The molecule has 3 N–H and O–H groups in total. The van der Waals surface area contributed by atoms with Gasteiger partial charge in [-0.3, -0.25) is 9.00 Å². The van der Waals surface area contributed by atoms with E-state index in [1.807, 2.05) is 6.92 Å². The van der Waals surface area contributed by atoms with E-state index in [4.69, 9.17) is 10.5 Å². The van der Waals surface area contributed by atoms with Gasteiger partial charge in [-0.05, 0) is 26.2 Å². The molecule has 1 heterocycles. The highest BCUT2D eigenvalue weighted by molar-refractivity contribution is 7.85. The van der Waals surface area contributed by atoms with Crippen molar-refractivity contribution in [2.24, 2.45) is 5.73 Å². The quantitative estimate of drug-likeness (QED) is 0.692. The number of hydrogen-bond donors (Lipinski definition) is 2. The van der Waals surface area contributed by atoms with E-state index in [2.05, 4.69) is 5.32 Å². The Hall–Kier alpha value is -0.460. The maximum absolute atomic E-state index is 11.6. The molecule has 0 aliphatic carbocycles. The van der Waals surface area contributed by atoms with Crippen LogP contribution in [0.4, 0.5) is 0 Å². The van der Waals surface area contributed by atoms with Crippen LogP contribution in [-0.2, 0) is 20.3 Å².